The van der Waals surface area contributed by atoms with Gasteiger partial charge >= 0.3 is 6.03 Å². The van der Waals surface area contributed by atoms with Crippen molar-refractivity contribution in [3.63, 3.8) is 0 Å². The van der Waals surface area contributed by atoms with Crippen LogP contribution in [0.4, 0.5) is 4.79 Å². The number of thioether (sulfide) groups is 1. The summed E-state index contributed by atoms with van der Waals surface area (Å²) in [5, 5.41) is 7.46. The molecule has 2 aliphatic rings. The first-order valence-corrected chi connectivity index (χ1v) is 12.2. The van der Waals surface area contributed by atoms with Crippen molar-refractivity contribution < 1.29 is 9.53 Å². The minimum Gasteiger partial charge on any atom is -0.477 e. The van der Waals surface area contributed by atoms with Gasteiger partial charge in [-0.05, 0) is 30.9 Å². The van der Waals surface area contributed by atoms with Gasteiger partial charge in [-0.2, -0.15) is 11.8 Å². The lowest BCUT2D eigenvalue weighted by atomic mass is 9.83. The highest BCUT2D eigenvalue weighted by Crippen LogP contribution is 2.36. The molecule has 1 N–H and O–H groups in total. The number of hydrogen-bond donors (Lipinski definition) is 1. The van der Waals surface area contributed by atoms with Crippen LogP contribution in [0.15, 0.2) is 30.3 Å². The Hall–Kier alpha value is -2.15. The molecule has 2 atom stereocenters. The Morgan fingerprint density at radius 3 is 2.57 bits per heavy atom. The molecule has 4 rings (SSSR count). The maximum Gasteiger partial charge on any atom is 0.320 e. The molecule has 2 aromatic rings. The van der Waals surface area contributed by atoms with Gasteiger partial charge < -0.3 is 14.5 Å². The number of aromatic amines is 1. The number of aryl methyl sites for hydroxylation is 1. The smallest absolute Gasteiger partial charge is 0.320 e. The Kier molecular flexibility index (Phi) is 6.87. The number of piperidine rings is 1. The highest BCUT2D eigenvalue weighted by molar-refractivity contribution is 7.99. The van der Waals surface area contributed by atoms with Crippen molar-refractivity contribution in [3.8, 4) is 5.88 Å². The average Bonchev–Trinajstić information content (AvgIpc) is 3.28. The third kappa shape index (κ3) is 4.77. The van der Waals surface area contributed by atoms with Gasteiger partial charge in [0.05, 0.1) is 6.61 Å². The number of rotatable bonds is 5. The van der Waals surface area contributed by atoms with Gasteiger partial charge in [0.2, 0.25) is 5.88 Å². The minimum atomic E-state index is 0.180. The first-order chi connectivity index (χ1) is 14.7. The molecule has 2 fully saturated rings. The fourth-order valence-electron chi connectivity index (χ4n) is 4.45. The van der Waals surface area contributed by atoms with Crippen molar-refractivity contribution >= 4 is 17.8 Å². The van der Waals surface area contributed by atoms with Crippen LogP contribution in [0.3, 0.4) is 0 Å². The Morgan fingerprint density at radius 1 is 1.13 bits per heavy atom. The number of ether oxygens (including phenoxy) is 1. The highest BCUT2D eigenvalue weighted by Gasteiger charge is 2.34. The van der Waals surface area contributed by atoms with E-state index in [1.165, 1.54) is 11.1 Å². The van der Waals surface area contributed by atoms with Crippen LogP contribution in [0.5, 0.6) is 5.88 Å². The molecule has 30 heavy (non-hydrogen) atoms. The van der Waals surface area contributed by atoms with Gasteiger partial charge in [-0.1, -0.05) is 31.2 Å². The molecular weight excluding hydrogens is 396 g/mol. The molecule has 0 radical (unpaired) electrons. The van der Waals surface area contributed by atoms with Crippen LogP contribution in [0.1, 0.15) is 48.9 Å². The summed E-state index contributed by atoms with van der Waals surface area (Å²) in [6.07, 6.45) is 2.04. The number of aromatic nitrogens is 2. The maximum absolute atomic E-state index is 13.3. The Morgan fingerprint density at radius 2 is 1.87 bits per heavy atom. The van der Waals surface area contributed by atoms with E-state index >= 15 is 0 Å². The summed E-state index contributed by atoms with van der Waals surface area (Å²) in [6, 6.07) is 11.1. The summed E-state index contributed by atoms with van der Waals surface area (Å²) in [5.41, 5.74) is 3.72. The van der Waals surface area contributed by atoms with E-state index in [0.29, 0.717) is 18.4 Å². The third-order valence-corrected chi connectivity index (χ3v) is 7.11. The zero-order valence-electron chi connectivity index (χ0n) is 18.0. The molecule has 1 aromatic carbocycles. The van der Waals surface area contributed by atoms with Crippen molar-refractivity contribution in [1.82, 2.24) is 20.0 Å². The van der Waals surface area contributed by atoms with Crippen molar-refractivity contribution in [2.75, 3.05) is 44.3 Å². The molecular formula is C23H32N4O2S. The largest absolute Gasteiger partial charge is 0.477 e. The minimum absolute atomic E-state index is 0.180. The number of amides is 2. The summed E-state index contributed by atoms with van der Waals surface area (Å²) in [4.78, 5) is 17.4. The Balaban J connectivity index is 1.56. The summed E-state index contributed by atoms with van der Waals surface area (Å²) in [6.45, 7) is 7.92. The van der Waals surface area contributed by atoms with E-state index in [1.807, 2.05) is 29.7 Å². The number of benzene rings is 1. The van der Waals surface area contributed by atoms with Crippen LogP contribution >= 0.6 is 11.8 Å². The van der Waals surface area contributed by atoms with Gasteiger partial charge in [-0.3, -0.25) is 5.10 Å². The third-order valence-electron chi connectivity index (χ3n) is 6.17. The van der Waals surface area contributed by atoms with Crippen molar-refractivity contribution in [1.29, 1.82) is 0 Å². The van der Waals surface area contributed by atoms with Crippen LogP contribution in [-0.4, -0.2) is 70.3 Å². The SMILES string of the molecule is CCOc1cc(C2CC(c3ccc(CC)cc3)CN(C(=O)N3CCSCC3)C2)[nH]n1. The van der Waals surface area contributed by atoms with Crippen molar-refractivity contribution in [2.45, 2.75) is 38.5 Å². The van der Waals surface area contributed by atoms with E-state index < -0.39 is 0 Å². The average molecular weight is 429 g/mol. The van der Waals surface area contributed by atoms with E-state index in [0.717, 1.165) is 56.2 Å². The monoisotopic (exact) mass is 428 g/mol. The molecule has 2 unspecified atom stereocenters. The van der Waals surface area contributed by atoms with Gasteiger partial charge in [0, 0.05) is 61.3 Å². The van der Waals surface area contributed by atoms with Crippen LogP contribution in [0.2, 0.25) is 0 Å². The number of carbonyl (C=O) groups is 1. The molecule has 2 amide bonds. The molecule has 1 aromatic heterocycles. The fourth-order valence-corrected chi connectivity index (χ4v) is 5.35. The maximum atomic E-state index is 13.3. The lowest BCUT2D eigenvalue weighted by Gasteiger charge is -2.41. The molecule has 7 heteroatoms. The molecule has 2 saturated heterocycles. The second-order valence-corrected chi connectivity index (χ2v) is 9.33. The standard InChI is InChI=1S/C23H32N4O2S/c1-3-17-5-7-18(8-6-17)19-13-20(21-14-22(25-24-21)29-4-2)16-27(15-19)23(28)26-9-11-30-12-10-26/h5-8,14,19-20H,3-4,9-13,15-16H2,1-2H3,(H,24,25). The van der Waals surface area contributed by atoms with E-state index in [-0.39, 0.29) is 11.9 Å². The number of likely N-dealkylation sites (tertiary alicyclic amines) is 1. The van der Waals surface area contributed by atoms with E-state index in [2.05, 4.69) is 46.3 Å². The van der Waals surface area contributed by atoms with Crippen molar-refractivity contribution in [2.24, 2.45) is 0 Å². The first-order valence-electron chi connectivity index (χ1n) is 11.1. The summed E-state index contributed by atoms with van der Waals surface area (Å²) >= 11 is 1.93. The molecule has 6 nitrogen and oxygen atoms in total. The Labute approximate surface area is 183 Å². The number of urea groups is 1. The number of carbonyl (C=O) groups excluding carboxylic acids is 1. The second kappa shape index (κ2) is 9.77. The van der Waals surface area contributed by atoms with Gasteiger partial charge in [0.15, 0.2) is 0 Å². The zero-order chi connectivity index (χ0) is 20.9. The van der Waals surface area contributed by atoms with Gasteiger partial charge in [0.25, 0.3) is 0 Å². The predicted molar refractivity (Wildman–Crippen MR) is 122 cm³/mol. The quantitative estimate of drug-likeness (QED) is 0.778. The lowest BCUT2D eigenvalue weighted by Crippen LogP contribution is -2.51. The number of nitrogens with one attached hydrogen (secondary N) is 1. The normalized spacial score (nSPS) is 22.2. The van der Waals surface area contributed by atoms with Crippen LogP contribution in [0, 0.1) is 0 Å². The number of H-pyrrole nitrogens is 1. The van der Waals surface area contributed by atoms with E-state index in [9.17, 15) is 4.79 Å². The van der Waals surface area contributed by atoms with Crippen molar-refractivity contribution in [3.05, 3.63) is 47.2 Å². The number of nitrogens with zero attached hydrogens (tertiary/aromatic N) is 3. The van der Waals surface area contributed by atoms with Gasteiger partial charge in [-0.25, -0.2) is 4.79 Å². The predicted octanol–water partition coefficient (Wildman–Crippen LogP) is 4.11. The van der Waals surface area contributed by atoms with Gasteiger partial charge in [-0.15, -0.1) is 5.10 Å². The Bertz CT molecular complexity index is 832. The van der Waals surface area contributed by atoms with Gasteiger partial charge in [0.1, 0.15) is 0 Å². The van der Waals surface area contributed by atoms with Crippen LogP contribution in [-0.2, 0) is 6.42 Å². The van der Waals surface area contributed by atoms with Crippen LogP contribution < -0.4 is 4.74 Å². The molecule has 0 aliphatic carbocycles. The lowest BCUT2D eigenvalue weighted by molar-refractivity contribution is 0.135. The number of hydrogen-bond acceptors (Lipinski definition) is 4. The van der Waals surface area contributed by atoms with E-state index in [1.54, 1.807) is 0 Å². The zero-order valence-corrected chi connectivity index (χ0v) is 18.8. The topological polar surface area (TPSA) is 61.5 Å². The van der Waals surface area contributed by atoms with Crippen LogP contribution in [0.25, 0.3) is 0 Å². The second-order valence-electron chi connectivity index (χ2n) is 8.11. The first kappa shape index (κ1) is 21.1. The summed E-state index contributed by atoms with van der Waals surface area (Å²) in [5.74, 6) is 3.23. The fraction of sp³-hybridized carbons (Fsp3) is 0.565. The summed E-state index contributed by atoms with van der Waals surface area (Å²) in [7, 11) is 0. The molecule has 0 spiro atoms. The molecule has 0 bridgehead atoms. The molecule has 2 aliphatic heterocycles. The molecule has 0 saturated carbocycles. The highest BCUT2D eigenvalue weighted by atomic mass is 32.2. The molecule has 3 heterocycles. The summed E-state index contributed by atoms with van der Waals surface area (Å²) < 4.78 is 5.55. The van der Waals surface area contributed by atoms with E-state index in [4.69, 9.17) is 4.74 Å². The molecule has 162 valence electrons.